The van der Waals surface area contributed by atoms with Gasteiger partial charge >= 0.3 is 0 Å². The van der Waals surface area contributed by atoms with Crippen molar-refractivity contribution < 1.29 is 0 Å². The first-order valence-electron chi connectivity index (χ1n) is 4.68. The first kappa shape index (κ1) is 11.7. The average molecular weight is 176 g/mol. The Morgan fingerprint density at radius 2 is 1.92 bits per heavy atom. The van der Waals surface area contributed by atoms with Crippen LogP contribution in [0.25, 0.3) is 0 Å². The summed E-state index contributed by atoms with van der Waals surface area (Å²) in [6, 6.07) is 4.21. The molecule has 0 atom stereocenters. The SMILES string of the molecule is CC=CCCCC(C#N)(C#N)CC. The van der Waals surface area contributed by atoms with E-state index in [0.29, 0.717) is 12.8 Å². The molecule has 0 aromatic heterocycles. The summed E-state index contributed by atoms with van der Waals surface area (Å²) in [6.45, 7) is 3.86. The highest BCUT2D eigenvalue weighted by atomic mass is 14.4. The molecule has 0 saturated heterocycles. The molecule has 0 saturated carbocycles. The van der Waals surface area contributed by atoms with E-state index in [2.05, 4.69) is 18.2 Å². The Bertz CT molecular complexity index is 226. The van der Waals surface area contributed by atoms with Crippen molar-refractivity contribution in [3.05, 3.63) is 12.2 Å². The van der Waals surface area contributed by atoms with Crippen molar-refractivity contribution in [3.8, 4) is 12.1 Å². The molecule has 0 fully saturated rings. The second-order valence-electron chi connectivity index (χ2n) is 3.12. The van der Waals surface area contributed by atoms with Gasteiger partial charge in [0.05, 0.1) is 12.1 Å². The molecule has 0 rings (SSSR count). The summed E-state index contributed by atoms with van der Waals surface area (Å²) in [5.74, 6) is 0. The van der Waals surface area contributed by atoms with E-state index < -0.39 is 5.41 Å². The van der Waals surface area contributed by atoms with Crippen LogP contribution in [0.15, 0.2) is 12.2 Å². The first-order chi connectivity index (χ1) is 6.24. The van der Waals surface area contributed by atoms with Gasteiger partial charge in [0.1, 0.15) is 5.41 Å². The van der Waals surface area contributed by atoms with E-state index in [0.717, 1.165) is 12.8 Å². The Balaban J connectivity index is 4.00. The maximum Gasteiger partial charge on any atom is 0.143 e. The number of rotatable bonds is 5. The van der Waals surface area contributed by atoms with Gasteiger partial charge in [0, 0.05) is 0 Å². The van der Waals surface area contributed by atoms with Gasteiger partial charge in [-0.15, -0.1) is 0 Å². The smallest absolute Gasteiger partial charge is 0.143 e. The molecular weight excluding hydrogens is 160 g/mol. The Morgan fingerprint density at radius 3 is 2.31 bits per heavy atom. The van der Waals surface area contributed by atoms with Gasteiger partial charge in [-0.05, 0) is 32.6 Å². The molecule has 0 aromatic rings. The van der Waals surface area contributed by atoms with Crippen LogP contribution in [0, 0.1) is 28.1 Å². The van der Waals surface area contributed by atoms with Crippen LogP contribution in [0.4, 0.5) is 0 Å². The maximum atomic E-state index is 8.84. The maximum absolute atomic E-state index is 8.84. The van der Waals surface area contributed by atoms with E-state index in [9.17, 15) is 0 Å². The van der Waals surface area contributed by atoms with Crippen molar-refractivity contribution in [2.45, 2.75) is 39.5 Å². The number of hydrogen-bond donors (Lipinski definition) is 0. The van der Waals surface area contributed by atoms with Gasteiger partial charge in [-0.1, -0.05) is 19.1 Å². The molecule has 0 heterocycles. The second-order valence-corrected chi connectivity index (χ2v) is 3.12. The predicted molar refractivity (Wildman–Crippen MR) is 52.6 cm³/mol. The Labute approximate surface area is 80.5 Å². The molecule has 0 spiro atoms. The summed E-state index contributed by atoms with van der Waals surface area (Å²) < 4.78 is 0. The molecule has 0 bridgehead atoms. The minimum atomic E-state index is -0.748. The zero-order valence-corrected chi connectivity index (χ0v) is 8.38. The first-order valence-corrected chi connectivity index (χ1v) is 4.68. The van der Waals surface area contributed by atoms with Crippen LogP contribution in [0.2, 0.25) is 0 Å². The number of nitriles is 2. The van der Waals surface area contributed by atoms with Gasteiger partial charge in [-0.25, -0.2) is 0 Å². The summed E-state index contributed by atoms with van der Waals surface area (Å²) in [5.41, 5.74) is -0.748. The molecule has 13 heavy (non-hydrogen) atoms. The van der Waals surface area contributed by atoms with Crippen LogP contribution in [-0.2, 0) is 0 Å². The second kappa shape index (κ2) is 6.26. The van der Waals surface area contributed by atoms with Crippen molar-refractivity contribution in [1.29, 1.82) is 10.5 Å². The zero-order valence-electron chi connectivity index (χ0n) is 8.38. The Kier molecular flexibility index (Phi) is 5.64. The monoisotopic (exact) mass is 176 g/mol. The van der Waals surface area contributed by atoms with Crippen LogP contribution >= 0.6 is 0 Å². The van der Waals surface area contributed by atoms with Crippen molar-refractivity contribution in [2.24, 2.45) is 5.41 Å². The van der Waals surface area contributed by atoms with Gasteiger partial charge in [-0.2, -0.15) is 10.5 Å². The lowest BCUT2D eigenvalue weighted by Crippen LogP contribution is -2.14. The molecule has 0 aliphatic rings. The zero-order chi connectivity index (χ0) is 10.2. The standard InChI is InChI=1S/C11H16N2/c1-3-5-6-7-8-11(4-2,9-12)10-13/h3,5H,4,6-8H2,1-2H3. The van der Waals surface area contributed by atoms with E-state index in [4.69, 9.17) is 10.5 Å². The average Bonchev–Trinajstić information content (AvgIpc) is 2.20. The molecule has 2 heteroatoms. The van der Waals surface area contributed by atoms with E-state index in [-0.39, 0.29) is 0 Å². The van der Waals surface area contributed by atoms with Gasteiger partial charge < -0.3 is 0 Å². The van der Waals surface area contributed by atoms with Crippen LogP contribution < -0.4 is 0 Å². The largest absolute Gasteiger partial charge is 0.197 e. The Hall–Kier alpha value is -1.28. The number of hydrogen-bond acceptors (Lipinski definition) is 2. The van der Waals surface area contributed by atoms with Gasteiger partial charge in [0.15, 0.2) is 0 Å². The van der Waals surface area contributed by atoms with Gasteiger partial charge in [0.25, 0.3) is 0 Å². The van der Waals surface area contributed by atoms with Gasteiger partial charge in [-0.3, -0.25) is 0 Å². The predicted octanol–water partition coefficient (Wildman–Crippen LogP) is 3.18. The highest BCUT2D eigenvalue weighted by Gasteiger charge is 2.26. The fourth-order valence-corrected chi connectivity index (χ4v) is 1.16. The summed E-state index contributed by atoms with van der Waals surface area (Å²) in [7, 11) is 0. The van der Waals surface area contributed by atoms with Crippen molar-refractivity contribution >= 4 is 0 Å². The number of unbranched alkanes of at least 4 members (excludes halogenated alkanes) is 1. The summed E-state index contributed by atoms with van der Waals surface area (Å²) in [6.07, 6.45) is 7.24. The fraction of sp³-hybridized carbons (Fsp3) is 0.636. The quantitative estimate of drug-likeness (QED) is 0.477. The lowest BCUT2D eigenvalue weighted by molar-refractivity contribution is 0.446. The number of nitrogens with zero attached hydrogens (tertiary/aromatic N) is 2. The molecule has 0 N–H and O–H groups in total. The van der Waals surface area contributed by atoms with E-state index in [1.54, 1.807) is 0 Å². The van der Waals surface area contributed by atoms with Crippen molar-refractivity contribution in [2.75, 3.05) is 0 Å². The number of allylic oxidation sites excluding steroid dienone is 2. The summed E-state index contributed by atoms with van der Waals surface area (Å²) in [5, 5.41) is 17.7. The molecule has 0 amide bonds. The molecule has 70 valence electrons. The summed E-state index contributed by atoms with van der Waals surface area (Å²) >= 11 is 0. The highest BCUT2D eigenvalue weighted by molar-refractivity contribution is 5.12. The molecule has 0 aliphatic heterocycles. The van der Waals surface area contributed by atoms with Crippen molar-refractivity contribution in [1.82, 2.24) is 0 Å². The fourth-order valence-electron chi connectivity index (χ4n) is 1.16. The van der Waals surface area contributed by atoms with E-state index in [1.165, 1.54) is 0 Å². The lowest BCUT2D eigenvalue weighted by Gasteiger charge is -2.14. The molecule has 0 unspecified atom stereocenters. The normalized spacial score (nSPS) is 11.1. The summed E-state index contributed by atoms with van der Waals surface area (Å²) in [4.78, 5) is 0. The molecular formula is C11H16N2. The lowest BCUT2D eigenvalue weighted by atomic mass is 9.83. The van der Waals surface area contributed by atoms with Crippen molar-refractivity contribution in [3.63, 3.8) is 0 Å². The van der Waals surface area contributed by atoms with Crippen LogP contribution in [-0.4, -0.2) is 0 Å². The molecule has 0 aromatic carbocycles. The molecule has 2 nitrogen and oxygen atoms in total. The highest BCUT2D eigenvalue weighted by Crippen LogP contribution is 2.26. The van der Waals surface area contributed by atoms with Gasteiger partial charge in [0.2, 0.25) is 0 Å². The third-order valence-electron chi connectivity index (χ3n) is 2.24. The molecule has 0 aliphatic carbocycles. The third-order valence-corrected chi connectivity index (χ3v) is 2.24. The minimum Gasteiger partial charge on any atom is -0.197 e. The van der Waals surface area contributed by atoms with E-state index in [1.807, 2.05) is 19.9 Å². The minimum absolute atomic E-state index is 0.621. The topological polar surface area (TPSA) is 47.6 Å². The van der Waals surface area contributed by atoms with Crippen LogP contribution in [0.5, 0.6) is 0 Å². The van der Waals surface area contributed by atoms with E-state index >= 15 is 0 Å². The Morgan fingerprint density at radius 1 is 1.31 bits per heavy atom. The molecule has 0 radical (unpaired) electrons. The van der Waals surface area contributed by atoms with Crippen LogP contribution in [0.3, 0.4) is 0 Å². The van der Waals surface area contributed by atoms with Crippen LogP contribution in [0.1, 0.15) is 39.5 Å². The third kappa shape index (κ3) is 3.76.